The van der Waals surface area contributed by atoms with Crippen molar-refractivity contribution in [1.82, 2.24) is 9.91 Å². The second-order valence-electron chi connectivity index (χ2n) is 7.96. The van der Waals surface area contributed by atoms with E-state index < -0.39 is 12.1 Å². The Morgan fingerprint density at radius 3 is 2.00 bits per heavy atom. The Labute approximate surface area is 205 Å². The number of nitrogens with zero attached hydrogens (tertiary/aromatic N) is 3. The van der Waals surface area contributed by atoms with Gasteiger partial charge in [-0.3, -0.25) is 9.80 Å². The van der Waals surface area contributed by atoms with E-state index in [9.17, 15) is 14.4 Å². The van der Waals surface area contributed by atoms with Crippen LogP contribution in [0.1, 0.15) is 52.8 Å². The molecule has 1 aliphatic rings. The van der Waals surface area contributed by atoms with Gasteiger partial charge in [0.05, 0.1) is 25.5 Å². The number of carbonyl (C=O) groups is 3. The van der Waals surface area contributed by atoms with E-state index in [2.05, 4.69) is 0 Å². The van der Waals surface area contributed by atoms with E-state index >= 15 is 0 Å². The van der Waals surface area contributed by atoms with Crippen LogP contribution in [0.5, 0.6) is 0 Å². The molecule has 2 aromatic carbocycles. The fourth-order valence-corrected chi connectivity index (χ4v) is 4.35. The monoisotopic (exact) mass is 483 g/mol. The average Bonchev–Trinajstić information content (AvgIpc) is 2.89. The number of hydrazine groups is 1. The second-order valence-corrected chi connectivity index (χ2v) is 8.32. The minimum absolute atomic E-state index is 0.0942. The standard InChI is InChI=1S/C25H29N3O5S/c1-26(24(34)27(25(31)33-3)20-10-6-4-7-11-20)28(21-12-8-5-9-13-21)22(29)18-14-16-19(17-15-18)23(30)32-2/h5,8-9,12-17,20H,4,6-7,10-11H2,1-3H3. The molecule has 2 amide bonds. The third-order valence-electron chi connectivity index (χ3n) is 5.84. The van der Waals surface area contributed by atoms with Crippen molar-refractivity contribution < 1.29 is 23.9 Å². The zero-order valence-corrected chi connectivity index (χ0v) is 20.4. The number of rotatable bonds is 4. The van der Waals surface area contributed by atoms with Crippen LogP contribution >= 0.6 is 12.2 Å². The Kier molecular flexibility index (Phi) is 8.59. The van der Waals surface area contributed by atoms with Gasteiger partial charge in [0.2, 0.25) is 5.11 Å². The molecule has 1 saturated carbocycles. The highest BCUT2D eigenvalue weighted by Crippen LogP contribution is 2.26. The molecule has 0 aromatic heterocycles. The average molecular weight is 484 g/mol. The maximum atomic E-state index is 13.7. The van der Waals surface area contributed by atoms with Crippen molar-refractivity contribution in [3.63, 3.8) is 0 Å². The number of amides is 2. The van der Waals surface area contributed by atoms with Gasteiger partial charge in [0, 0.05) is 18.7 Å². The molecule has 0 saturated heterocycles. The summed E-state index contributed by atoms with van der Waals surface area (Å²) < 4.78 is 9.77. The molecule has 0 unspecified atom stereocenters. The number of carbonyl (C=O) groups excluding carboxylic acids is 3. The molecule has 8 nitrogen and oxygen atoms in total. The summed E-state index contributed by atoms with van der Waals surface area (Å²) in [6.45, 7) is 0. The molecule has 0 heterocycles. The van der Waals surface area contributed by atoms with Gasteiger partial charge in [0.25, 0.3) is 5.91 Å². The van der Waals surface area contributed by atoms with Gasteiger partial charge >= 0.3 is 12.1 Å². The first-order chi connectivity index (χ1) is 16.4. The lowest BCUT2D eigenvalue weighted by atomic mass is 9.94. The van der Waals surface area contributed by atoms with Crippen LogP contribution in [-0.4, -0.2) is 60.3 Å². The van der Waals surface area contributed by atoms with Crippen molar-refractivity contribution in [2.45, 2.75) is 38.1 Å². The molecule has 3 rings (SSSR count). The van der Waals surface area contributed by atoms with Crippen LogP contribution in [0.25, 0.3) is 0 Å². The molecule has 1 aliphatic carbocycles. The van der Waals surface area contributed by atoms with Crippen molar-refractivity contribution in [3.05, 3.63) is 65.7 Å². The number of para-hydroxylation sites is 1. The minimum Gasteiger partial charge on any atom is -0.465 e. The predicted molar refractivity (Wildman–Crippen MR) is 133 cm³/mol. The number of anilines is 1. The van der Waals surface area contributed by atoms with Crippen molar-refractivity contribution in [2.24, 2.45) is 0 Å². The summed E-state index contributed by atoms with van der Waals surface area (Å²) in [5.74, 6) is -0.862. The largest absolute Gasteiger partial charge is 0.465 e. The van der Waals surface area contributed by atoms with Crippen LogP contribution in [0.4, 0.5) is 10.5 Å². The molecule has 9 heteroatoms. The van der Waals surface area contributed by atoms with Gasteiger partial charge < -0.3 is 9.47 Å². The SMILES string of the molecule is COC(=O)c1ccc(C(=O)N(c2ccccc2)N(C)C(=S)N(C(=O)OC)C2CCCCC2)cc1. The normalized spacial score (nSPS) is 13.5. The zero-order valence-electron chi connectivity index (χ0n) is 19.6. The number of esters is 1. The summed E-state index contributed by atoms with van der Waals surface area (Å²) in [5, 5.41) is 3.07. The Morgan fingerprint density at radius 2 is 1.44 bits per heavy atom. The maximum Gasteiger partial charge on any atom is 0.416 e. The Balaban J connectivity index is 1.96. The fourth-order valence-electron chi connectivity index (χ4n) is 4.05. The first-order valence-corrected chi connectivity index (χ1v) is 11.5. The quantitative estimate of drug-likeness (QED) is 0.356. The van der Waals surface area contributed by atoms with Crippen LogP contribution in [0.3, 0.4) is 0 Å². The highest BCUT2D eigenvalue weighted by atomic mass is 32.1. The Morgan fingerprint density at radius 1 is 0.853 bits per heavy atom. The van der Waals surface area contributed by atoms with Gasteiger partial charge in [-0.15, -0.1) is 0 Å². The topological polar surface area (TPSA) is 79.4 Å². The van der Waals surface area contributed by atoms with E-state index in [1.54, 1.807) is 31.3 Å². The summed E-state index contributed by atoms with van der Waals surface area (Å²) in [7, 11) is 4.27. The number of thiocarbonyl (C=S) groups is 1. The molecule has 0 N–H and O–H groups in total. The molecule has 0 atom stereocenters. The van der Waals surface area contributed by atoms with Crippen LogP contribution in [-0.2, 0) is 9.47 Å². The van der Waals surface area contributed by atoms with Crippen LogP contribution in [0.2, 0.25) is 0 Å². The summed E-state index contributed by atoms with van der Waals surface area (Å²) in [6.07, 6.45) is 4.20. The smallest absolute Gasteiger partial charge is 0.416 e. The molecule has 34 heavy (non-hydrogen) atoms. The Bertz CT molecular complexity index is 1020. The summed E-state index contributed by atoms with van der Waals surface area (Å²) in [4.78, 5) is 39.6. The van der Waals surface area contributed by atoms with E-state index in [1.807, 2.05) is 18.2 Å². The summed E-state index contributed by atoms with van der Waals surface area (Å²) in [6, 6.07) is 15.1. The number of hydrogen-bond acceptors (Lipinski definition) is 6. The number of benzene rings is 2. The summed E-state index contributed by atoms with van der Waals surface area (Å²) in [5.41, 5.74) is 1.25. The first-order valence-electron chi connectivity index (χ1n) is 11.1. The second kappa shape index (κ2) is 11.6. The van der Waals surface area contributed by atoms with Gasteiger partial charge in [-0.2, -0.15) is 0 Å². The van der Waals surface area contributed by atoms with Crippen molar-refractivity contribution in [1.29, 1.82) is 0 Å². The first kappa shape index (κ1) is 25.2. The fraction of sp³-hybridized carbons (Fsp3) is 0.360. The van der Waals surface area contributed by atoms with Gasteiger partial charge in [-0.05, 0) is 61.5 Å². The summed E-state index contributed by atoms with van der Waals surface area (Å²) >= 11 is 5.73. The third kappa shape index (κ3) is 5.53. The van der Waals surface area contributed by atoms with Crippen molar-refractivity contribution >= 4 is 41.0 Å². The molecular weight excluding hydrogens is 454 g/mol. The number of ether oxygens (including phenoxy) is 2. The molecule has 0 aliphatic heterocycles. The van der Waals surface area contributed by atoms with E-state index in [1.165, 1.54) is 41.3 Å². The lowest BCUT2D eigenvalue weighted by Crippen LogP contribution is -2.57. The van der Waals surface area contributed by atoms with Gasteiger partial charge in [0.1, 0.15) is 0 Å². The highest BCUT2D eigenvalue weighted by Gasteiger charge is 2.34. The molecule has 0 spiro atoms. The molecule has 180 valence electrons. The molecular formula is C25H29N3O5S. The predicted octanol–water partition coefficient (Wildman–Crippen LogP) is 4.65. The lowest BCUT2D eigenvalue weighted by molar-refractivity contribution is 0.0600. The van der Waals surface area contributed by atoms with E-state index in [-0.39, 0.29) is 17.1 Å². The van der Waals surface area contributed by atoms with Crippen LogP contribution in [0.15, 0.2) is 54.6 Å². The molecule has 2 aromatic rings. The molecule has 0 bridgehead atoms. The van der Waals surface area contributed by atoms with Gasteiger partial charge in [0.15, 0.2) is 0 Å². The van der Waals surface area contributed by atoms with E-state index in [0.29, 0.717) is 16.8 Å². The number of methoxy groups -OCH3 is 2. The lowest BCUT2D eigenvalue weighted by Gasteiger charge is -2.40. The van der Waals surface area contributed by atoms with Crippen LogP contribution in [0, 0.1) is 0 Å². The van der Waals surface area contributed by atoms with Crippen molar-refractivity contribution in [2.75, 3.05) is 26.3 Å². The Hall–Kier alpha value is -3.46. The van der Waals surface area contributed by atoms with E-state index in [4.69, 9.17) is 21.7 Å². The highest BCUT2D eigenvalue weighted by molar-refractivity contribution is 7.80. The zero-order chi connectivity index (χ0) is 24.7. The number of hydrogen-bond donors (Lipinski definition) is 0. The van der Waals surface area contributed by atoms with E-state index in [0.717, 1.165) is 32.1 Å². The molecule has 0 radical (unpaired) electrons. The maximum absolute atomic E-state index is 13.7. The minimum atomic E-state index is -0.549. The third-order valence-corrected chi connectivity index (χ3v) is 6.30. The van der Waals surface area contributed by atoms with Gasteiger partial charge in [-0.1, -0.05) is 37.5 Å². The van der Waals surface area contributed by atoms with Crippen LogP contribution < -0.4 is 5.01 Å². The van der Waals surface area contributed by atoms with Crippen molar-refractivity contribution in [3.8, 4) is 0 Å². The molecule has 1 fully saturated rings. The van der Waals surface area contributed by atoms with Gasteiger partial charge in [-0.25, -0.2) is 19.5 Å².